The largest absolute Gasteiger partial charge is 0.312 e. The normalized spacial score (nSPS) is 11.0. The lowest BCUT2D eigenvalue weighted by molar-refractivity contribution is 0.936. The molecule has 0 fully saturated rings. The van der Waals surface area contributed by atoms with Crippen molar-refractivity contribution in [2.75, 3.05) is 5.75 Å². The van der Waals surface area contributed by atoms with Crippen LogP contribution in [-0.2, 0) is 7.05 Å². The van der Waals surface area contributed by atoms with Crippen LogP contribution in [0.2, 0.25) is 0 Å². The fraction of sp³-hybridized carbons (Fsp3) is 0.188. The zero-order valence-electron chi connectivity index (χ0n) is 12.1. The summed E-state index contributed by atoms with van der Waals surface area (Å²) in [5.74, 6) is 1.76. The second-order valence-electron chi connectivity index (χ2n) is 4.82. The molecule has 3 heterocycles. The minimum atomic E-state index is 0.847. The molecule has 0 saturated carbocycles. The number of nitrogens with zero attached hydrogens (tertiary/aromatic N) is 4. The van der Waals surface area contributed by atoms with E-state index in [4.69, 9.17) is 4.98 Å². The Bertz CT molecular complexity index is 807. The molecule has 0 N–H and O–H groups in total. The Morgan fingerprint density at radius 3 is 3.05 bits per heavy atom. The van der Waals surface area contributed by atoms with Crippen LogP contribution < -0.4 is 0 Å². The van der Waals surface area contributed by atoms with Crippen molar-refractivity contribution in [3.63, 3.8) is 0 Å². The second-order valence-corrected chi connectivity index (χ2v) is 5.88. The number of thioether (sulfide) groups is 1. The number of pyridine rings is 2. The molecule has 5 heteroatoms. The van der Waals surface area contributed by atoms with Crippen molar-refractivity contribution in [3.05, 3.63) is 48.9 Å². The molecular weight excluding hydrogens is 280 g/mol. The molecule has 4 nitrogen and oxygen atoms in total. The standard InChI is InChI=1S/C16H16N4S/c1-4-7-21-14-10-17-6-5-12(14)15-19-13-8-11(2)9-18-16(13)20(15)3/h4-6,8-10H,1,7H2,2-3H3. The van der Waals surface area contributed by atoms with Gasteiger partial charge in [0.15, 0.2) is 5.65 Å². The SMILES string of the molecule is C=CCSc1cnccc1-c1nc2cc(C)cnc2n1C. The summed E-state index contributed by atoms with van der Waals surface area (Å²) in [6.07, 6.45) is 7.43. The van der Waals surface area contributed by atoms with Gasteiger partial charge in [-0.15, -0.1) is 18.3 Å². The summed E-state index contributed by atoms with van der Waals surface area (Å²) >= 11 is 1.71. The Hall–Kier alpha value is -2.14. The van der Waals surface area contributed by atoms with E-state index in [0.717, 1.165) is 38.8 Å². The number of hydrogen-bond acceptors (Lipinski definition) is 4. The van der Waals surface area contributed by atoms with E-state index in [9.17, 15) is 0 Å². The van der Waals surface area contributed by atoms with E-state index in [1.165, 1.54) is 0 Å². The lowest BCUT2D eigenvalue weighted by atomic mass is 10.2. The highest BCUT2D eigenvalue weighted by atomic mass is 32.2. The van der Waals surface area contributed by atoms with Gasteiger partial charge in [-0.1, -0.05) is 6.08 Å². The van der Waals surface area contributed by atoms with Crippen LogP contribution >= 0.6 is 11.8 Å². The van der Waals surface area contributed by atoms with E-state index in [1.54, 1.807) is 18.0 Å². The first-order valence-corrected chi connectivity index (χ1v) is 7.66. The van der Waals surface area contributed by atoms with E-state index in [0.29, 0.717) is 0 Å². The monoisotopic (exact) mass is 296 g/mol. The van der Waals surface area contributed by atoms with Crippen LogP contribution in [0, 0.1) is 6.92 Å². The van der Waals surface area contributed by atoms with Crippen LogP contribution in [0.25, 0.3) is 22.6 Å². The quantitative estimate of drug-likeness (QED) is 0.545. The van der Waals surface area contributed by atoms with Crippen molar-refractivity contribution in [1.82, 2.24) is 19.5 Å². The molecule has 3 rings (SSSR count). The van der Waals surface area contributed by atoms with Gasteiger partial charge < -0.3 is 4.57 Å². The lowest BCUT2D eigenvalue weighted by Gasteiger charge is -2.07. The third kappa shape index (κ3) is 2.56. The highest BCUT2D eigenvalue weighted by Gasteiger charge is 2.14. The summed E-state index contributed by atoms with van der Waals surface area (Å²) < 4.78 is 2.03. The van der Waals surface area contributed by atoms with Crippen molar-refractivity contribution in [2.24, 2.45) is 7.05 Å². The summed E-state index contributed by atoms with van der Waals surface area (Å²) in [6.45, 7) is 5.79. The number of aromatic nitrogens is 4. The molecule has 0 unspecified atom stereocenters. The molecule has 0 bridgehead atoms. The first-order valence-electron chi connectivity index (χ1n) is 6.68. The molecule has 3 aromatic rings. The van der Waals surface area contributed by atoms with Gasteiger partial charge in [0, 0.05) is 41.8 Å². The molecule has 0 amide bonds. The molecule has 21 heavy (non-hydrogen) atoms. The number of imidazole rings is 1. The molecule has 0 saturated heterocycles. The smallest absolute Gasteiger partial charge is 0.160 e. The van der Waals surface area contributed by atoms with Crippen LogP contribution in [-0.4, -0.2) is 25.3 Å². The Balaban J connectivity index is 2.16. The van der Waals surface area contributed by atoms with Crippen LogP contribution in [0.5, 0.6) is 0 Å². The van der Waals surface area contributed by atoms with Crippen LogP contribution in [0.15, 0.2) is 48.3 Å². The third-order valence-electron chi connectivity index (χ3n) is 3.23. The van der Waals surface area contributed by atoms with Gasteiger partial charge in [0.2, 0.25) is 0 Å². The zero-order chi connectivity index (χ0) is 14.8. The predicted molar refractivity (Wildman–Crippen MR) is 87.4 cm³/mol. The molecule has 0 radical (unpaired) electrons. The summed E-state index contributed by atoms with van der Waals surface area (Å²) in [5.41, 5.74) is 4.01. The van der Waals surface area contributed by atoms with Gasteiger partial charge in [0.05, 0.1) is 0 Å². The van der Waals surface area contributed by atoms with Gasteiger partial charge in [-0.2, -0.15) is 0 Å². The minimum Gasteiger partial charge on any atom is -0.312 e. The Morgan fingerprint density at radius 2 is 2.24 bits per heavy atom. The van der Waals surface area contributed by atoms with Gasteiger partial charge in [-0.05, 0) is 24.6 Å². The van der Waals surface area contributed by atoms with Gasteiger partial charge in [0.25, 0.3) is 0 Å². The lowest BCUT2D eigenvalue weighted by Crippen LogP contribution is -1.95. The average Bonchev–Trinajstić information content (AvgIpc) is 2.81. The predicted octanol–water partition coefficient (Wildman–Crippen LogP) is 3.62. The highest BCUT2D eigenvalue weighted by molar-refractivity contribution is 7.99. The summed E-state index contributed by atoms with van der Waals surface area (Å²) in [4.78, 5) is 14.5. The Morgan fingerprint density at radius 1 is 1.38 bits per heavy atom. The Labute approximate surface area is 128 Å². The van der Waals surface area contributed by atoms with Crippen molar-refractivity contribution < 1.29 is 0 Å². The van der Waals surface area contributed by atoms with E-state index in [2.05, 4.69) is 22.6 Å². The topological polar surface area (TPSA) is 43.6 Å². The molecule has 106 valence electrons. The van der Waals surface area contributed by atoms with Crippen molar-refractivity contribution in [2.45, 2.75) is 11.8 Å². The van der Waals surface area contributed by atoms with E-state index in [1.807, 2.05) is 43.1 Å². The van der Waals surface area contributed by atoms with Gasteiger partial charge in [-0.3, -0.25) is 4.98 Å². The van der Waals surface area contributed by atoms with Gasteiger partial charge in [0.1, 0.15) is 11.3 Å². The molecule has 0 aliphatic carbocycles. The first kappa shape index (κ1) is 13.8. The van der Waals surface area contributed by atoms with Crippen molar-refractivity contribution >= 4 is 22.9 Å². The molecule has 0 spiro atoms. The van der Waals surface area contributed by atoms with Crippen LogP contribution in [0.1, 0.15) is 5.56 Å². The van der Waals surface area contributed by atoms with Crippen LogP contribution in [0.3, 0.4) is 0 Å². The third-order valence-corrected chi connectivity index (χ3v) is 4.27. The fourth-order valence-electron chi connectivity index (χ4n) is 2.25. The number of aryl methyl sites for hydroxylation is 2. The van der Waals surface area contributed by atoms with Crippen molar-refractivity contribution in [3.8, 4) is 11.4 Å². The van der Waals surface area contributed by atoms with E-state index >= 15 is 0 Å². The first-order chi connectivity index (χ1) is 10.2. The highest BCUT2D eigenvalue weighted by Crippen LogP contribution is 2.31. The molecule has 3 aromatic heterocycles. The Kier molecular flexibility index (Phi) is 3.75. The second kappa shape index (κ2) is 5.69. The maximum absolute atomic E-state index is 4.75. The molecule has 0 atom stereocenters. The molecular formula is C16H16N4S. The van der Waals surface area contributed by atoms with Gasteiger partial charge in [-0.25, -0.2) is 9.97 Å². The number of fused-ring (bicyclic) bond motifs is 1. The summed E-state index contributed by atoms with van der Waals surface area (Å²) in [6, 6.07) is 4.06. The zero-order valence-corrected chi connectivity index (χ0v) is 12.9. The van der Waals surface area contributed by atoms with E-state index < -0.39 is 0 Å². The average molecular weight is 296 g/mol. The van der Waals surface area contributed by atoms with Crippen LogP contribution in [0.4, 0.5) is 0 Å². The molecule has 0 aromatic carbocycles. The van der Waals surface area contributed by atoms with Crippen molar-refractivity contribution in [1.29, 1.82) is 0 Å². The fourth-order valence-corrected chi connectivity index (χ4v) is 2.99. The number of hydrogen-bond donors (Lipinski definition) is 0. The van der Waals surface area contributed by atoms with Gasteiger partial charge >= 0.3 is 0 Å². The maximum atomic E-state index is 4.75. The summed E-state index contributed by atoms with van der Waals surface area (Å²) in [7, 11) is 2.00. The minimum absolute atomic E-state index is 0.847. The number of rotatable bonds is 4. The maximum Gasteiger partial charge on any atom is 0.160 e. The van der Waals surface area contributed by atoms with E-state index in [-0.39, 0.29) is 0 Å². The molecule has 0 aliphatic heterocycles. The molecule has 0 aliphatic rings. The summed E-state index contributed by atoms with van der Waals surface area (Å²) in [5, 5.41) is 0.